The highest BCUT2D eigenvalue weighted by atomic mass is 19.1. The van der Waals surface area contributed by atoms with Crippen LogP contribution in [0.2, 0.25) is 0 Å². The fourth-order valence-electron chi connectivity index (χ4n) is 1.53. The van der Waals surface area contributed by atoms with E-state index < -0.39 is 0 Å². The quantitative estimate of drug-likeness (QED) is 0.833. The van der Waals surface area contributed by atoms with Crippen LogP contribution in [0.25, 0.3) is 6.08 Å². The monoisotopic (exact) mass is 227 g/mol. The van der Waals surface area contributed by atoms with Gasteiger partial charge in [-0.25, -0.2) is 4.39 Å². The van der Waals surface area contributed by atoms with E-state index in [2.05, 4.69) is 5.32 Å². The van der Waals surface area contributed by atoms with Gasteiger partial charge in [0.05, 0.1) is 0 Å². The average Bonchev–Trinajstić information content (AvgIpc) is 2.36. The van der Waals surface area contributed by atoms with Crippen LogP contribution < -0.4 is 5.32 Å². The number of halogens is 1. The van der Waals surface area contributed by atoms with Crippen molar-refractivity contribution in [3.63, 3.8) is 0 Å². The minimum Gasteiger partial charge on any atom is -0.381 e. The molecule has 0 amide bonds. The van der Waals surface area contributed by atoms with E-state index in [1.165, 1.54) is 12.1 Å². The van der Waals surface area contributed by atoms with Crippen LogP contribution in [0, 0.1) is 5.82 Å². The number of nitrogens with one attached hydrogen (secondary N) is 1. The first-order valence-corrected chi connectivity index (χ1v) is 5.55. The minimum absolute atomic E-state index is 0.220. The molecule has 0 unspecified atom stereocenters. The lowest BCUT2D eigenvalue weighted by molar-refractivity contribution is 0.628. The van der Waals surface area contributed by atoms with E-state index in [0.29, 0.717) is 6.54 Å². The van der Waals surface area contributed by atoms with Crippen molar-refractivity contribution in [2.75, 3.05) is 11.9 Å². The van der Waals surface area contributed by atoms with Gasteiger partial charge in [0.1, 0.15) is 5.82 Å². The molecule has 0 atom stereocenters. The second-order valence-electron chi connectivity index (χ2n) is 3.70. The van der Waals surface area contributed by atoms with E-state index in [-0.39, 0.29) is 5.82 Å². The van der Waals surface area contributed by atoms with Crippen molar-refractivity contribution in [1.82, 2.24) is 0 Å². The highest BCUT2D eigenvalue weighted by Crippen LogP contribution is 2.08. The van der Waals surface area contributed by atoms with Crippen LogP contribution in [0.15, 0.2) is 60.7 Å². The molecule has 0 aromatic heterocycles. The maximum Gasteiger partial charge on any atom is 0.125 e. The third-order valence-corrected chi connectivity index (χ3v) is 2.36. The zero-order valence-electron chi connectivity index (χ0n) is 9.44. The third kappa shape index (κ3) is 3.76. The number of rotatable bonds is 4. The smallest absolute Gasteiger partial charge is 0.125 e. The van der Waals surface area contributed by atoms with Gasteiger partial charge in [-0.3, -0.25) is 0 Å². The SMILES string of the molecule is Fc1cccc(NCC=Cc2ccccc2)c1. The lowest BCUT2D eigenvalue weighted by Crippen LogP contribution is -1.97. The van der Waals surface area contributed by atoms with Gasteiger partial charge in [-0.1, -0.05) is 48.6 Å². The van der Waals surface area contributed by atoms with Crippen molar-refractivity contribution in [2.45, 2.75) is 0 Å². The molecule has 17 heavy (non-hydrogen) atoms. The summed E-state index contributed by atoms with van der Waals surface area (Å²) in [5.41, 5.74) is 1.95. The molecule has 2 heteroatoms. The Morgan fingerprint density at radius 3 is 2.59 bits per heavy atom. The zero-order chi connectivity index (χ0) is 11.9. The van der Waals surface area contributed by atoms with Crippen LogP contribution in [-0.4, -0.2) is 6.54 Å². The summed E-state index contributed by atoms with van der Waals surface area (Å²) in [6.07, 6.45) is 4.05. The zero-order valence-corrected chi connectivity index (χ0v) is 9.44. The first-order chi connectivity index (χ1) is 8.34. The molecule has 0 fully saturated rings. The second kappa shape index (κ2) is 5.85. The third-order valence-electron chi connectivity index (χ3n) is 2.36. The Morgan fingerprint density at radius 2 is 1.82 bits per heavy atom. The molecule has 0 heterocycles. The van der Waals surface area contributed by atoms with E-state index in [4.69, 9.17) is 0 Å². The molecule has 1 nitrogen and oxygen atoms in total. The van der Waals surface area contributed by atoms with Crippen molar-refractivity contribution in [3.8, 4) is 0 Å². The molecule has 2 rings (SSSR count). The second-order valence-corrected chi connectivity index (χ2v) is 3.70. The van der Waals surface area contributed by atoms with Crippen LogP contribution in [0.1, 0.15) is 5.56 Å². The van der Waals surface area contributed by atoms with Gasteiger partial charge in [-0.2, -0.15) is 0 Å². The maximum absolute atomic E-state index is 12.9. The molecule has 0 aliphatic carbocycles. The summed E-state index contributed by atoms with van der Waals surface area (Å²) in [4.78, 5) is 0. The van der Waals surface area contributed by atoms with Gasteiger partial charge in [0, 0.05) is 12.2 Å². The summed E-state index contributed by atoms with van der Waals surface area (Å²) in [6.45, 7) is 0.679. The van der Waals surface area contributed by atoms with Crippen LogP contribution in [-0.2, 0) is 0 Å². The minimum atomic E-state index is -0.220. The van der Waals surface area contributed by atoms with Crippen molar-refractivity contribution >= 4 is 11.8 Å². The topological polar surface area (TPSA) is 12.0 Å². The Morgan fingerprint density at radius 1 is 1.00 bits per heavy atom. The van der Waals surface area contributed by atoms with Crippen molar-refractivity contribution in [1.29, 1.82) is 0 Å². The largest absolute Gasteiger partial charge is 0.381 e. The number of anilines is 1. The van der Waals surface area contributed by atoms with E-state index in [0.717, 1.165) is 11.3 Å². The summed E-state index contributed by atoms with van der Waals surface area (Å²) in [5.74, 6) is -0.220. The molecule has 0 radical (unpaired) electrons. The molecule has 0 bridgehead atoms. The van der Waals surface area contributed by atoms with Gasteiger partial charge in [-0.15, -0.1) is 0 Å². The lowest BCUT2D eigenvalue weighted by Gasteiger charge is -2.02. The Kier molecular flexibility index (Phi) is 3.92. The molecule has 0 spiro atoms. The van der Waals surface area contributed by atoms with Gasteiger partial charge < -0.3 is 5.32 Å². The van der Waals surface area contributed by atoms with E-state index >= 15 is 0 Å². The molecule has 2 aromatic rings. The maximum atomic E-state index is 12.9. The van der Waals surface area contributed by atoms with E-state index in [9.17, 15) is 4.39 Å². The first kappa shape index (κ1) is 11.4. The van der Waals surface area contributed by atoms with Crippen molar-refractivity contribution in [3.05, 3.63) is 72.1 Å². The first-order valence-electron chi connectivity index (χ1n) is 5.55. The molecular formula is C15H14FN. The molecule has 0 aliphatic rings. The molecule has 1 N–H and O–H groups in total. The fourth-order valence-corrected chi connectivity index (χ4v) is 1.53. The van der Waals surface area contributed by atoms with Crippen molar-refractivity contribution in [2.24, 2.45) is 0 Å². The normalized spacial score (nSPS) is 10.6. The van der Waals surface area contributed by atoms with Gasteiger partial charge in [0.2, 0.25) is 0 Å². The van der Waals surface area contributed by atoms with Crippen molar-refractivity contribution < 1.29 is 4.39 Å². The van der Waals surface area contributed by atoms with Gasteiger partial charge in [-0.05, 0) is 23.8 Å². The lowest BCUT2D eigenvalue weighted by atomic mass is 10.2. The molecule has 86 valence electrons. The van der Waals surface area contributed by atoms with Gasteiger partial charge in [0.25, 0.3) is 0 Å². The Balaban J connectivity index is 1.86. The fraction of sp³-hybridized carbons (Fsp3) is 0.0667. The summed E-state index contributed by atoms with van der Waals surface area (Å²) < 4.78 is 12.9. The Labute approximate surface area is 101 Å². The standard InChI is InChI=1S/C15H14FN/c16-14-9-4-10-15(12-14)17-11-5-8-13-6-2-1-3-7-13/h1-10,12,17H,11H2. The number of hydrogen-bond acceptors (Lipinski definition) is 1. The summed E-state index contributed by atoms with van der Waals surface area (Å²) in [6, 6.07) is 16.5. The van der Waals surface area contributed by atoms with E-state index in [1.54, 1.807) is 6.07 Å². The van der Waals surface area contributed by atoms with Gasteiger partial charge >= 0.3 is 0 Å². The Bertz CT molecular complexity index is 491. The average molecular weight is 227 g/mol. The molecular weight excluding hydrogens is 213 g/mol. The van der Waals surface area contributed by atoms with Crippen LogP contribution in [0.3, 0.4) is 0 Å². The molecule has 0 saturated carbocycles. The highest BCUT2D eigenvalue weighted by molar-refractivity contribution is 5.50. The molecule has 0 aliphatic heterocycles. The van der Waals surface area contributed by atoms with E-state index in [1.807, 2.05) is 48.6 Å². The summed E-state index contributed by atoms with van der Waals surface area (Å²) in [5, 5.41) is 3.13. The summed E-state index contributed by atoms with van der Waals surface area (Å²) >= 11 is 0. The van der Waals surface area contributed by atoms with Crippen LogP contribution in [0.4, 0.5) is 10.1 Å². The summed E-state index contributed by atoms with van der Waals surface area (Å²) in [7, 11) is 0. The molecule has 2 aromatic carbocycles. The molecule has 0 saturated heterocycles. The number of benzene rings is 2. The van der Waals surface area contributed by atoms with Gasteiger partial charge in [0.15, 0.2) is 0 Å². The van der Waals surface area contributed by atoms with Crippen LogP contribution in [0.5, 0.6) is 0 Å². The predicted molar refractivity (Wildman–Crippen MR) is 70.4 cm³/mol. The Hall–Kier alpha value is -2.09. The predicted octanol–water partition coefficient (Wildman–Crippen LogP) is 3.95. The highest BCUT2D eigenvalue weighted by Gasteiger charge is 1.91. The van der Waals surface area contributed by atoms with Crippen LogP contribution >= 0.6 is 0 Å². The number of hydrogen-bond donors (Lipinski definition) is 1.